The number of nitrogens with zero attached hydrogens (tertiary/aromatic N) is 2. The lowest BCUT2D eigenvalue weighted by Crippen LogP contribution is -2.33. The van der Waals surface area contributed by atoms with Gasteiger partial charge in [-0.3, -0.25) is 14.2 Å². The van der Waals surface area contributed by atoms with E-state index in [1.165, 1.54) is 40.6 Å². The normalized spacial score (nSPS) is 12.0. The fourth-order valence-corrected chi connectivity index (χ4v) is 4.60. The van der Waals surface area contributed by atoms with Crippen LogP contribution in [0.3, 0.4) is 0 Å². The van der Waals surface area contributed by atoms with E-state index in [2.05, 4.69) is 15.0 Å². The Kier molecular flexibility index (Phi) is 7.77. The summed E-state index contributed by atoms with van der Waals surface area (Å²) in [5, 5.41) is 3.18. The van der Waals surface area contributed by atoms with E-state index in [1.54, 1.807) is 24.3 Å². The quantitative estimate of drug-likeness (QED) is 0.256. The lowest BCUT2D eigenvalue weighted by molar-refractivity contribution is -0.120. The molecule has 1 N–H and O–H groups in total. The highest BCUT2D eigenvalue weighted by Gasteiger charge is 2.22. The summed E-state index contributed by atoms with van der Waals surface area (Å²) in [6.45, 7) is -0.670. The monoisotopic (exact) mass is 495 g/mol. The number of hydrogen-bond donors (Lipinski definition) is 1. The zero-order valence-corrected chi connectivity index (χ0v) is 19.7. The number of nitrogens with one attached hydrogen (secondary N) is 1. The van der Waals surface area contributed by atoms with Crippen LogP contribution in [0.2, 0.25) is 0 Å². The lowest BCUT2D eigenvalue weighted by Gasteiger charge is -2.18. The van der Waals surface area contributed by atoms with E-state index < -0.39 is 11.9 Å². The second-order valence-electron chi connectivity index (χ2n) is 7.64. The largest absolute Gasteiger partial charge is 0.435 e. The molecule has 35 heavy (non-hydrogen) atoms. The van der Waals surface area contributed by atoms with E-state index in [1.807, 2.05) is 37.3 Å². The molecule has 4 aromatic rings. The van der Waals surface area contributed by atoms with Crippen LogP contribution in [0, 0.1) is 0 Å². The molecule has 180 valence electrons. The van der Waals surface area contributed by atoms with Gasteiger partial charge >= 0.3 is 6.61 Å². The third kappa shape index (κ3) is 5.86. The first-order chi connectivity index (χ1) is 17.0. The number of thioether (sulfide) groups is 1. The smallest absolute Gasteiger partial charge is 0.387 e. The Hall–Kier alpha value is -3.72. The van der Waals surface area contributed by atoms with Crippen molar-refractivity contribution in [3.8, 4) is 11.4 Å². The van der Waals surface area contributed by atoms with Gasteiger partial charge in [0.2, 0.25) is 5.91 Å². The first kappa shape index (κ1) is 24.4. The molecule has 0 saturated carbocycles. The van der Waals surface area contributed by atoms with Crippen LogP contribution in [-0.4, -0.2) is 27.3 Å². The maximum absolute atomic E-state index is 13.4. The van der Waals surface area contributed by atoms with Gasteiger partial charge in [0.15, 0.2) is 5.16 Å². The van der Waals surface area contributed by atoms with Crippen molar-refractivity contribution in [3.05, 3.63) is 94.8 Å². The van der Waals surface area contributed by atoms with Crippen molar-refractivity contribution >= 4 is 28.6 Å². The zero-order valence-electron chi connectivity index (χ0n) is 18.9. The number of alkyl halides is 2. The van der Waals surface area contributed by atoms with Crippen LogP contribution in [0.25, 0.3) is 16.6 Å². The molecule has 6 nitrogen and oxygen atoms in total. The molecule has 0 aliphatic heterocycles. The molecule has 1 atom stereocenters. The lowest BCUT2D eigenvalue weighted by atomic mass is 10.2. The number of aromatic nitrogens is 2. The average Bonchev–Trinajstić information content (AvgIpc) is 2.87. The Bertz CT molecular complexity index is 1360. The highest BCUT2D eigenvalue weighted by atomic mass is 32.2. The van der Waals surface area contributed by atoms with E-state index >= 15 is 0 Å². The topological polar surface area (TPSA) is 73.2 Å². The molecule has 0 saturated heterocycles. The third-order valence-corrected chi connectivity index (χ3v) is 6.60. The number of carbonyl (C=O) groups is 1. The number of carbonyl (C=O) groups excluding carboxylic acids is 1. The Morgan fingerprint density at radius 1 is 1.03 bits per heavy atom. The van der Waals surface area contributed by atoms with Gasteiger partial charge in [0.1, 0.15) is 5.75 Å². The molecule has 1 unspecified atom stereocenters. The van der Waals surface area contributed by atoms with E-state index in [0.29, 0.717) is 34.7 Å². The summed E-state index contributed by atoms with van der Waals surface area (Å²) in [4.78, 5) is 31.0. The summed E-state index contributed by atoms with van der Waals surface area (Å²) < 4.78 is 30.9. The number of fused-ring (bicyclic) bond motifs is 1. The highest BCUT2D eigenvalue weighted by molar-refractivity contribution is 8.00. The number of halogens is 2. The van der Waals surface area contributed by atoms with Crippen molar-refractivity contribution in [1.29, 1.82) is 0 Å². The summed E-state index contributed by atoms with van der Waals surface area (Å²) >= 11 is 1.19. The van der Waals surface area contributed by atoms with Crippen LogP contribution in [0.15, 0.2) is 88.8 Å². The highest BCUT2D eigenvalue weighted by Crippen LogP contribution is 2.28. The number of para-hydroxylation sites is 1. The first-order valence-electron chi connectivity index (χ1n) is 11.0. The van der Waals surface area contributed by atoms with Gasteiger partial charge in [-0.1, -0.05) is 61.2 Å². The first-order valence-corrected chi connectivity index (χ1v) is 11.9. The fraction of sp³-hybridized carbons (Fsp3) is 0.192. The summed E-state index contributed by atoms with van der Waals surface area (Å²) in [6.07, 6.45) is 0.509. The van der Waals surface area contributed by atoms with Gasteiger partial charge in [-0.2, -0.15) is 8.78 Å². The number of rotatable bonds is 9. The van der Waals surface area contributed by atoms with Gasteiger partial charge in [-0.05, 0) is 48.4 Å². The third-order valence-electron chi connectivity index (χ3n) is 5.29. The molecular weight excluding hydrogens is 472 g/mol. The Morgan fingerprint density at radius 3 is 2.40 bits per heavy atom. The minimum atomic E-state index is -2.95. The molecular formula is C26H23F2N3O3S. The average molecular weight is 496 g/mol. The molecule has 9 heteroatoms. The van der Waals surface area contributed by atoms with Crippen molar-refractivity contribution in [2.45, 2.75) is 36.9 Å². The summed E-state index contributed by atoms with van der Waals surface area (Å²) in [5.74, 6) is -0.192. The molecule has 4 rings (SSSR count). The summed E-state index contributed by atoms with van der Waals surface area (Å²) in [6, 6.07) is 22.3. The van der Waals surface area contributed by atoms with E-state index in [-0.39, 0.29) is 17.2 Å². The molecule has 1 heterocycles. The standard InChI is InChI=1S/C26H23F2N3O3S/c1-2-22(23(32)29-16-17-8-4-3-5-9-17)35-26-30-21-11-7-6-10-20(21)24(33)31(26)18-12-14-19(15-13-18)34-25(27)28/h3-15,22,25H,2,16H2,1H3,(H,29,32). The van der Waals surface area contributed by atoms with Crippen molar-refractivity contribution in [1.82, 2.24) is 14.9 Å². The van der Waals surface area contributed by atoms with Crippen LogP contribution >= 0.6 is 11.8 Å². The number of benzene rings is 3. The van der Waals surface area contributed by atoms with Gasteiger partial charge in [-0.25, -0.2) is 4.98 Å². The van der Waals surface area contributed by atoms with Crippen LogP contribution in [0.5, 0.6) is 5.75 Å². The Balaban J connectivity index is 1.67. The Labute approximate surface area is 205 Å². The molecule has 0 radical (unpaired) electrons. The SMILES string of the molecule is CCC(Sc1nc2ccccc2c(=O)n1-c1ccc(OC(F)F)cc1)C(=O)NCc1ccccc1. The van der Waals surface area contributed by atoms with Crippen LogP contribution in [-0.2, 0) is 11.3 Å². The van der Waals surface area contributed by atoms with Crippen LogP contribution in [0.4, 0.5) is 8.78 Å². The fourth-order valence-electron chi connectivity index (χ4n) is 3.54. The second kappa shape index (κ2) is 11.1. The molecule has 1 amide bonds. The van der Waals surface area contributed by atoms with Crippen LogP contribution < -0.4 is 15.6 Å². The molecule has 0 aliphatic rings. The minimum Gasteiger partial charge on any atom is -0.435 e. The maximum atomic E-state index is 13.4. The number of amides is 1. The number of hydrogen-bond acceptors (Lipinski definition) is 5. The molecule has 1 aromatic heterocycles. The molecule has 0 aliphatic carbocycles. The summed E-state index contributed by atoms with van der Waals surface area (Å²) in [5.41, 5.74) is 1.60. The molecule has 3 aromatic carbocycles. The van der Waals surface area contributed by atoms with E-state index in [0.717, 1.165) is 5.56 Å². The van der Waals surface area contributed by atoms with E-state index in [4.69, 9.17) is 0 Å². The van der Waals surface area contributed by atoms with Crippen molar-refractivity contribution < 1.29 is 18.3 Å². The minimum absolute atomic E-state index is 0.0218. The predicted octanol–water partition coefficient (Wildman–Crippen LogP) is 5.17. The second-order valence-corrected chi connectivity index (χ2v) is 8.81. The van der Waals surface area contributed by atoms with Crippen molar-refractivity contribution in [2.24, 2.45) is 0 Å². The summed E-state index contributed by atoms with van der Waals surface area (Å²) in [7, 11) is 0. The molecule has 0 fully saturated rings. The molecule has 0 spiro atoms. The van der Waals surface area contributed by atoms with Gasteiger partial charge in [0.05, 0.1) is 21.8 Å². The van der Waals surface area contributed by atoms with Gasteiger partial charge in [0, 0.05) is 6.54 Å². The zero-order chi connectivity index (χ0) is 24.8. The van der Waals surface area contributed by atoms with Gasteiger partial charge < -0.3 is 10.1 Å². The predicted molar refractivity (Wildman–Crippen MR) is 132 cm³/mol. The Morgan fingerprint density at radius 2 is 1.71 bits per heavy atom. The molecule has 0 bridgehead atoms. The number of ether oxygens (including phenoxy) is 1. The van der Waals surface area contributed by atoms with Crippen molar-refractivity contribution in [2.75, 3.05) is 0 Å². The van der Waals surface area contributed by atoms with Crippen molar-refractivity contribution in [3.63, 3.8) is 0 Å². The van der Waals surface area contributed by atoms with Gasteiger partial charge in [0.25, 0.3) is 5.56 Å². The van der Waals surface area contributed by atoms with Gasteiger partial charge in [-0.15, -0.1) is 0 Å². The maximum Gasteiger partial charge on any atom is 0.387 e. The van der Waals surface area contributed by atoms with Crippen LogP contribution in [0.1, 0.15) is 18.9 Å². The van der Waals surface area contributed by atoms with E-state index in [9.17, 15) is 18.4 Å².